The van der Waals surface area contributed by atoms with Gasteiger partial charge >= 0.3 is 0 Å². The Bertz CT molecular complexity index is 468. The van der Waals surface area contributed by atoms with E-state index in [1.807, 2.05) is 0 Å². The molecule has 1 heterocycles. The molecule has 1 aliphatic heterocycles. The molecule has 0 bridgehead atoms. The van der Waals surface area contributed by atoms with Crippen molar-refractivity contribution in [1.29, 1.82) is 0 Å². The molecule has 1 atom stereocenters. The number of hydrogen-bond donors (Lipinski definition) is 2. The zero-order chi connectivity index (χ0) is 13.7. The molecule has 1 aromatic rings. The van der Waals surface area contributed by atoms with Gasteiger partial charge in [-0.15, -0.1) is 0 Å². The summed E-state index contributed by atoms with van der Waals surface area (Å²) < 4.78 is 5.51. The molecule has 3 N–H and O–H groups in total. The number of para-hydroxylation sites is 1. The van der Waals surface area contributed by atoms with Crippen molar-refractivity contribution >= 4 is 17.5 Å². The van der Waals surface area contributed by atoms with Crippen LogP contribution >= 0.6 is 0 Å². The Balaban J connectivity index is 1.96. The molecular weight excluding hydrogens is 244 g/mol. The van der Waals surface area contributed by atoms with E-state index < -0.39 is 5.91 Å². The number of carbonyl (C=O) groups excluding carboxylic acids is 2. The van der Waals surface area contributed by atoms with Gasteiger partial charge in [-0.1, -0.05) is 12.1 Å². The lowest BCUT2D eigenvalue weighted by Gasteiger charge is -2.22. The van der Waals surface area contributed by atoms with E-state index in [1.54, 1.807) is 24.3 Å². The Morgan fingerprint density at radius 3 is 2.79 bits per heavy atom. The predicted octanol–water partition coefficient (Wildman–Crippen LogP) is 1.68. The molecule has 1 unspecified atom stereocenters. The summed E-state index contributed by atoms with van der Waals surface area (Å²) in [5.41, 5.74) is 6.03. The number of anilines is 1. The number of nitrogens with two attached hydrogens (primary N) is 1. The smallest absolute Gasteiger partial charge is 0.250 e. The second-order valence-electron chi connectivity index (χ2n) is 4.65. The molecule has 5 heteroatoms. The number of primary amides is 1. The van der Waals surface area contributed by atoms with Crippen molar-refractivity contribution in [3.8, 4) is 0 Å². The summed E-state index contributed by atoms with van der Waals surface area (Å²) in [6.07, 6.45) is 3.35. The molecule has 19 heavy (non-hydrogen) atoms. The van der Waals surface area contributed by atoms with Gasteiger partial charge in [-0.3, -0.25) is 9.59 Å². The van der Waals surface area contributed by atoms with Gasteiger partial charge in [0.05, 0.1) is 23.8 Å². The van der Waals surface area contributed by atoms with Crippen molar-refractivity contribution in [3.63, 3.8) is 0 Å². The maximum absolute atomic E-state index is 11.9. The molecule has 1 saturated heterocycles. The van der Waals surface area contributed by atoms with Crippen LogP contribution in [-0.2, 0) is 9.53 Å². The van der Waals surface area contributed by atoms with Gasteiger partial charge in [-0.05, 0) is 31.4 Å². The van der Waals surface area contributed by atoms with E-state index in [2.05, 4.69) is 5.32 Å². The Labute approximate surface area is 112 Å². The van der Waals surface area contributed by atoms with E-state index in [1.165, 1.54) is 0 Å². The van der Waals surface area contributed by atoms with Gasteiger partial charge in [0, 0.05) is 6.61 Å². The molecule has 1 aliphatic rings. The summed E-state index contributed by atoms with van der Waals surface area (Å²) >= 11 is 0. The first kappa shape index (κ1) is 13.5. The first-order valence-corrected chi connectivity index (χ1v) is 6.47. The monoisotopic (exact) mass is 262 g/mol. The molecule has 1 fully saturated rings. The SMILES string of the molecule is NC(=O)c1ccccc1NC(=O)CC1CCCCO1. The Morgan fingerprint density at radius 2 is 2.11 bits per heavy atom. The summed E-state index contributed by atoms with van der Waals surface area (Å²) in [7, 11) is 0. The second kappa shape index (κ2) is 6.33. The van der Waals surface area contributed by atoms with Gasteiger partial charge in [-0.25, -0.2) is 0 Å². The molecule has 0 aliphatic carbocycles. The number of nitrogens with one attached hydrogen (secondary N) is 1. The lowest BCUT2D eigenvalue weighted by atomic mass is 10.1. The van der Waals surface area contributed by atoms with Crippen molar-refractivity contribution in [1.82, 2.24) is 0 Å². The summed E-state index contributed by atoms with van der Waals surface area (Å²) in [5, 5.41) is 2.72. The molecule has 2 amide bonds. The fourth-order valence-corrected chi connectivity index (χ4v) is 2.18. The van der Waals surface area contributed by atoms with Gasteiger partial charge in [0.25, 0.3) is 5.91 Å². The molecule has 2 rings (SSSR count). The van der Waals surface area contributed by atoms with Gasteiger partial charge in [0.15, 0.2) is 0 Å². The highest BCUT2D eigenvalue weighted by Gasteiger charge is 2.18. The molecule has 0 saturated carbocycles. The van der Waals surface area contributed by atoms with Gasteiger partial charge < -0.3 is 15.8 Å². The van der Waals surface area contributed by atoms with E-state index in [4.69, 9.17) is 10.5 Å². The largest absolute Gasteiger partial charge is 0.378 e. The third kappa shape index (κ3) is 3.79. The normalized spacial score (nSPS) is 18.8. The van der Waals surface area contributed by atoms with E-state index in [0.29, 0.717) is 17.7 Å². The standard InChI is InChI=1S/C14H18N2O3/c15-14(18)11-6-1-2-7-12(11)16-13(17)9-10-5-3-4-8-19-10/h1-2,6-7,10H,3-5,8-9H2,(H2,15,18)(H,16,17). The Kier molecular flexibility index (Phi) is 4.52. The maximum atomic E-state index is 11.9. The van der Waals surface area contributed by atoms with Crippen LogP contribution in [0.2, 0.25) is 0 Å². The molecule has 0 aromatic heterocycles. The first-order chi connectivity index (χ1) is 9.16. The van der Waals surface area contributed by atoms with Crippen LogP contribution in [0.4, 0.5) is 5.69 Å². The quantitative estimate of drug-likeness (QED) is 0.866. The van der Waals surface area contributed by atoms with Crippen LogP contribution in [0.5, 0.6) is 0 Å². The molecule has 0 spiro atoms. The van der Waals surface area contributed by atoms with E-state index in [9.17, 15) is 9.59 Å². The number of hydrogen-bond acceptors (Lipinski definition) is 3. The van der Waals surface area contributed by atoms with Crippen LogP contribution < -0.4 is 11.1 Å². The molecule has 0 radical (unpaired) electrons. The third-order valence-corrected chi connectivity index (χ3v) is 3.15. The summed E-state index contributed by atoms with van der Waals surface area (Å²) in [6, 6.07) is 6.72. The number of carbonyl (C=O) groups is 2. The lowest BCUT2D eigenvalue weighted by Crippen LogP contribution is -2.26. The Hall–Kier alpha value is -1.88. The van der Waals surface area contributed by atoms with Crippen LogP contribution in [0.15, 0.2) is 24.3 Å². The molecule has 102 valence electrons. The van der Waals surface area contributed by atoms with Gasteiger partial charge in [0.1, 0.15) is 0 Å². The maximum Gasteiger partial charge on any atom is 0.250 e. The van der Waals surface area contributed by atoms with Crippen molar-refractivity contribution in [3.05, 3.63) is 29.8 Å². The minimum atomic E-state index is -0.551. The van der Waals surface area contributed by atoms with Crippen molar-refractivity contribution in [2.45, 2.75) is 31.8 Å². The first-order valence-electron chi connectivity index (χ1n) is 6.47. The van der Waals surface area contributed by atoms with Crippen LogP contribution in [0.1, 0.15) is 36.0 Å². The zero-order valence-electron chi connectivity index (χ0n) is 10.7. The third-order valence-electron chi connectivity index (χ3n) is 3.15. The number of ether oxygens (including phenoxy) is 1. The highest BCUT2D eigenvalue weighted by molar-refractivity contribution is 6.03. The highest BCUT2D eigenvalue weighted by atomic mass is 16.5. The van der Waals surface area contributed by atoms with Crippen molar-refractivity contribution in [2.24, 2.45) is 5.73 Å². The fourth-order valence-electron chi connectivity index (χ4n) is 2.18. The van der Waals surface area contributed by atoms with E-state index >= 15 is 0 Å². The highest BCUT2D eigenvalue weighted by Crippen LogP contribution is 2.18. The van der Waals surface area contributed by atoms with E-state index in [0.717, 1.165) is 25.9 Å². The average Bonchev–Trinajstić information content (AvgIpc) is 2.40. The summed E-state index contributed by atoms with van der Waals surface area (Å²) in [6.45, 7) is 0.718. The topological polar surface area (TPSA) is 81.4 Å². The fraction of sp³-hybridized carbons (Fsp3) is 0.429. The van der Waals surface area contributed by atoms with Crippen LogP contribution in [0, 0.1) is 0 Å². The minimum Gasteiger partial charge on any atom is -0.378 e. The lowest BCUT2D eigenvalue weighted by molar-refractivity contribution is -0.119. The average molecular weight is 262 g/mol. The van der Waals surface area contributed by atoms with Crippen LogP contribution in [-0.4, -0.2) is 24.5 Å². The number of rotatable bonds is 4. The number of benzene rings is 1. The molecule has 5 nitrogen and oxygen atoms in total. The molecule has 1 aromatic carbocycles. The zero-order valence-corrected chi connectivity index (χ0v) is 10.7. The minimum absolute atomic E-state index is 0.0190. The van der Waals surface area contributed by atoms with E-state index in [-0.39, 0.29) is 12.0 Å². The van der Waals surface area contributed by atoms with Crippen molar-refractivity contribution < 1.29 is 14.3 Å². The summed E-state index contributed by atoms with van der Waals surface area (Å²) in [5.74, 6) is -0.703. The van der Waals surface area contributed by atoms with Crippen LogP contribution in [0.3, 0.4) is 0 Å². The predicted molar refractivity (Wildman–Crippen MR) is 71.8 cm³/mol. The second-order valence-corrected chi connectivity index (χ2v) is 4.65. The Morgan fingerprint density at radius 1 is 1.32 bits per heavy atom. The van der Waals surface area contributed by atoms with Crippen molar-refractivity contribution in [2.75, 3.05) is 11.9 Å². The summed E-state index contributed by atoms with van der Waals surface area (Å²) in [4.78, 5) is 23.2. The van der Waals surface area contributed by atoms with Gasteiger partial charge in [0.2, 0.25) is 5.91 Å². The van der Waals surface area contributed by atoms with Crippen LogP contribution in [0.25, 0.3) is 0 Å². The van der Waals surface area contributed by atoms with Gasteiger partial charge in [-0.2, -0.15) is 0 Å². The number of amides is 2. The molecular formula is C14H18N2O3.